The first-order chi connectivity index (χ1) is 8.47. The molecule has 0 saturated heterocycles. The molecule has 2 aromatic rings. The van der Waals surface area contributed by atoms with Crippen molar-refractivity contribution in [3.05, 3.63) is 54.1 Å². The predicted molar refractivity (Wildman–Crippen MR) is 65.6 cm³/mol. The van der Waals surface area contributed by atoms with E-state index in [-0.39, 0.29) is 5.69 Å². The van der Waals surface area contributed by atoms with Gasteiger partial charge in [0.15, 0.2) is 0 Å². The summed E-state index contributed by atoms with van der Waals surface area (Å²) in [5.41, 5.74) is 6.14. The van der Waals surface area contributed by atoms with Crippen LogP contribution in [0.2, 0.25) is 0 Å². The molecule has 2 aromatic carbocycles. The van der Waals surface area contributed by atoms with Gasteiger partial charge in [-0.2, -0.15) is 13.2 Å². The Morgan fingerprint density at radius 1 is 0.944 bits per heavy atom. The number of hydrogen-bond donors (Lipinski definition) is 2. The molecule has 0 aliphatic carbocycles. The van der Waals surface area contributed by atoms with Crippen molar-refractivity contribution in [1.29, 1.82) is 0 Å². The monoisotopic (exact) mass is 252 g/mol. The fourth-order valence-corrected chi connectivity index (χ4v) is 1.53. The van der Waals surface area contributed by atoms with E-state index in [9.17, 15) is 13.2 Å². The van der Waals surface area contributed by atoms with Gasteiger partial charge in [-0.15, -0.1) is 0 Å². The topological polar surface area (TPSA) is 38.0 Å². The fraction of sp³-hybridized carbons (Fsp3) is 0.0769. The van der Waals surface area contributed by atoms with Crippen LogP contribution in [0.15, 0.2) is 48.5 Å². The van der Waals surface area contributed by atoms with Gasteiger partial charge >= 0.3 is 6.18 Å². The molecule has 0 spiro atoms. The number of hydrogen-bond acceptors (Lipinski definition) is 2. The molecule has 94 valence electrons. The van der Waals surface area contributed by atoms with Crippen molar-refractivity contribution in [2.75, 3.05) is 11.1 Å². The van der Waals surface area contributed by atoms with Gasteiger partial charge in [0.05, 0.1) is 16.9 Å². The second kappa shape index (κ2) is 4.60. The molecule has 0 bridgehead atoms. The zero-order valence-corrected chi connectivity index (χ0v) is 9.33. The Bertz CT molecular complexity index is 536. The Balaban J connectivity index is 2.26. The quantitative estimate of drug-likeness (QED) is 0.792. The summed E-state index contributed by atoms with van der Waals surface area (Å²) < 4.78 is 37.4. The maximum absolute atomic E-state index is 12.5. The summed E-state index contributed by atoms with van der Waals surface area (Å²) in [5, 5.41) is 2.96. The van der Waals surface area contributed by atoms with E-state index in [0.29, 0.717) is 5.69 Å². The summed E-state index contributed by atoms with van der Waals surface area (Å²) in [6.45, 7) is 0. The molecule has 2 rings (SSSR count). The zero-order chi connectivity index (χ0) is 13.2. The minimum Gasteiger partial charge on any atom is -0.397 e. The maximum atomic E-state index is 12.5. The van der Waals surface area contributed by atoms with E-state index in [1.54, 1.807) is 12.1 Å². The second-order valence-electron chi connectivity index (χ2n) is 3.79. The molecule has 0 fully saturated rings. The Morgan fingerprint density at radius 2 is 1.61 bits per heavy atom. The summed E-state index contributed by atoms with van der Waals surface area (Å²) in [7, 11) is 0. The van der Waals surface area contributed by atoms with Gasteiger partial charge in [-0.25, -0.2) is 0 Å². The molecule has 0 aliphatic rings. The first kappa shape index (κ1) is 12.3. The lowest BCUT2D eigenvalue weighted by atomic mass is 10.1. The number of rotatable bonds is 2. The molecule has 0 aromatic heterocycles. The molecule has 0 atom stereocenters. The highest BCUT2D eigenvalue weighted by Gasteiger charge is 2.30. The van der Waals surface area contributed by atoms with Crippen molar-refractivity contribution >= 4 is 17.1 Å². The van der Waals surface area contributed by atoms with Crippen molar-refractivity contribution in [1.82, 2.24) is 0 Å². The van der Waals surface area contributed by atoms with Gasteiger partial charge in [-0.05, 0) is 30.3 Å². The Morgan fingerprint density at radius 3 is 2.17 bits per heavy atom. The summed E-state index contributed by atoms with van der Waals surface area (Å²) in [6.07, 6.45) is -4.38. The van der Waals surface area contributed by atoms with E-state index in [1.807, 2.05) is 18.2 Å². The number of anilines is 3. The minimum atomic E-state index is -4.38. The van der Waals surface area contributed by atoms with Gasteiger partial charge in [-0.1, -0.05) is 18.2 Å². The third-order valence-corrected chi connectivity index (χ3v) is 2.43. The molecule has 0 aliphatic heterocycles. The smallest absolute Gasteiger partial charge is 0.397 e. The third kappa shape index (κ3) is 2.74. The van der Waals surface area contributed by atoms with Crippen LogP contribution in [0, 0.1) is 0 Å². The number of nitrogens with two attached hydrogens (primary N) is 1. The largest absolute Gasteiger partial charge is 0.416 e. The van der Waals surface area contributed by atoms with Gasteiger partial charge in [0.2, 0.25) is 0 Å². The number of nitrogen functional groups attached to an aromatic ring is 1. The van der Waals surface area contributed by atoms with Crippen molar-refractivity contribution in [2.45, 2.75) is 6.18 Å². The van der Waals surface area contributed by atoms with Gasteiger partial charge < -0.3 is 11.1 Å². The molecule has 2 nitrogen and oxygen atoms in total. The SMILES string of the molecule is Nc1cc(C(F)(F)F)ccc1Nc1ccccc1. The summed E-state index contributed by atoms with van der Waals surface area (Å²) >= 11 is 0. The Kier molecular flexibility index (Phi) is 3.14. The van der Waals surface area contributed by atoms with Crippen LogP contribution in [-0.2, 0) is 6.18 Å². The molecular formula is C13H11F3N2. The van der Waals surface area contributed by atoms with Crippen LogP contribution in [0.5, 0.6) is 0 Å². The van der Waals surface area contributed by atoms with E-state index >= 15 is 0 Å². The number of halogens is 3. The van der Waals surface area contributed by atoms with Crippen molar-refractivity contribution in [2.24, 2.45) is 0 Å². The van der Waals surface area contributed by atoms with Crippen LogP contribution >= 0.6 is 0 Å². The van der Waals surface area contributed by atoms with Crippen LogP contribution in [0.4, 0.5) is 30.2 Å². The summed E-state index contributed by atoms with van der Waals surface area (Å²) in [5.74, 6) is 0. The van der Waals surface area contributed by atoms with Crippen molar-refractivity contribution in [3.8, 4) is 0 Å². The van der Waals surface area contributed by atoms with Crippen LogP contribution in [0.3, 0.4) is 0 Å². The van der Waals surface area contributed by atoms with Crippen molar-refractivity contribution in [3.63, 3.8) is 0 Å². The summed E-state index contributed by atoms with van der Waals surface area (Å²) in [4.78, 5) is 0. The normalized spacial score (nSPS) is 11.3. The minimum absolute atomic E-state index is 0.0636. The van der Waals surface area contributed by atoms with Crippen molar-refractivity contribution < 1.29 is 13.2 Å². The standard InChI is InChI=1S/C13H11F3N2/c14-13(15,16)9-6-7-12(11(17)8-9)18-10-4-2-1-3-5-10/h1-8,18H,17H2. The third-order valence-electron chi connectivity index (χ3n) is 2.43. The maximum Gasteiger partial charge on any atom is 0.416 e. The Labute approximate surface area is 102 Å². The molecule has 0 heterocycles. The lowest BCUT2D eigenvalue weighted by Crippen LogP contribution is -2.06. The first-order valence-corrected chi connectivity index (χ1v) is 5.25. The number of nitrogens with one attached hydrogen (secondary N) is 1. The molecule has 5 heteroatoms. The molecular weight excluding hydrogens is 241 g/mol. The zero-order valence-electron chi connectivity index (χ0n) is 9.33. The first-order valence-electron chi connectivity index (χ1n) is 5.25. The molecule has 0 unspecified atom stereocenters. The van der Waals surface area contributed by atoms with Crippen LogP contribution in [0.1, 0.15) is 5.56 Å². The van der Waals surface area contributed by atoms with Gasteiger partial charge in [0.25, 0.3) is 0 Å². The predicted octanol–water partition coefficient (Wildman–Crippen LogP) is 4.03. The number of benzene rings is 2. The highest BCUT2D eigenvalue weighted by atomic mass is 19.4. The number of para-hydroxylation sites is 1. The van der Waals surface area contributed by atoms with E-state index in [2.05, 4.69) is 5.32 Å². The van der Waals surface area contributed by atoms with E-state index in [1.165, 1.54) is 6.07 Å². The van der Waals surface area contributed by atoms with Crippen LogP contribution in [-0.4, -0.2) is 0 Å². The van der Waals surface area contributed by atoms with Crippen LogP contribution in [0.25, 0.3) is 0 Å². The van der Waals surface area contributed by atoms with E-state index in [0.717, 1.165) is 17.8 Å². The molecule has 3 N–H and O–H groups in total. The highest BCUT2D eigenvalue weighted by molar-refractivity contribution is 5.73. The van der Waals surface area contributed by atoms with Gasteiger partial charge in [-0.3, -0.25) is 0 Å². The lowest BCUT2D eigenvalue weighted by Gasteiger charge is -2.12. The molecule has 0 amide bonds. The average molecular weight is 252 g/mol. The van der Waals surface area contributed by atoms with E-state index in [4.69, 9.17) is 5.73 Å². The number of alkyl halides is 3. The summed E-state index contributed by atoms with van der Waals surface area (Å²) in [6, 6.07) is 12.3. The fourth-order valence-electron chi connectivity index (χ4n) is 1.53. The van der Waals surface area contributed by atoms with E-state index < -0.39 is 11.7 Å². The van der Waals surface area contributed by atoms with Crippen LogP contribution < -0.4 is 11.1 Å². The molecule has 0 saturated carbocycles. The lowest BCUT2D eigenvalue weighted by molar-refractivity contribution is -0.137. The molecule has 0 radical (unpaired) electrons. The van der Waals surface area contributed by atoms with Gasteiger partial charge in [0, 0.05) is 5.69 Å². The molecule has 18 heavy (non-hydrogen) atoms. The highest BCUT2D eigenvalue weighted by Crippen LogP contribution is 2.33. The Hall–Kier alpha value is -2.17. The second-order valence-corrected chi connectivity index (χ2v) is 3.79. The van der Waals surface area contributed by atoms with Gasteiger partial charge in [0.1, 0.15) is 0 Å². The average Bonchev–Trinajstić information content (AvgIpc) is 2.32.